The minimum absolute atomic E-state index is 0.125. The Bertz CT molecular complexity index is 413. The molecule has 4 nitrogen and oxygen atoms in total. The van der Waals surface area contributed by atoms with E-state index in [-0.39, 0.29) is 6.10 Å². The van der Waals surface area contributed by atoms with Gasteiger partial charge in [-0.2, -0.15) is 0 Å². The van der Waals surface area contributed by atoms with E-state index in [1.165, 1.54) is 5.56 Å². The molecular weight excluding hydrogens is 218 g/mol. The van der Waals surface area contributed by atoms with Crippen LogP contribution in [0.3, 0.4) is 0 Å². The number of fused-ring (bicyclic) bond motifs is 1. The van der Waals surface area contributed by atoms with E-state index < -0.39 is 0 Å². The number of hydrogen-bond donors (Lipinski definition) is 1. The summed E-state index contributed by atoms with van der Waals surface area (Å²) in [6, 6.07) is 4.06. The molecular formula is C13H17NO3. The summed E-state index contributed by atoms with van der Waals surface area (Å²) in [6.07, 6.45) is 0.125. The van der Waals surface area contributed by atoms with Crippen LogP contribution in [0.2, 0.25) is 0 Å². The summed E-state index contributed by atoms with van der Waals surface area (Å²) in [7, 11) is 0. The molecule has 0 amide bonds. The van der Waals surface area contributed by atoms with Crippen LogP contribution in [0.1, 0.15) is 17.2 Å². The first-order chi connectivity index (χ1) is 8.36. The maximum atomic E-state index is 5.78. The second-order valence-corrected chi connectivity index (χ2v) is 4.37. The highest BCUT2D eigenvalue weighted by Gasteiger charge is 2.23. The van der Waals surface area contributed by atoms with Gasteiger partial charge in [0.2, 0.25) is 0 Å². The predicted molar refractivity (Wildman–Crippen MR) is 63.7 cm³/mol. The number of benzene rings is 1. The molecule has 1 N–H and O–H groups in total. The highest BCUT2D eigenvalue weighted by molar-refractivity contribution is 5.51. The maximum absolute atomic E-state index is 5.78. The van der Waals surface area contributed by atoms with Crippen molar-refractivity contribution < 1.29 is 14.2 Å². The van der Waals surface area contributed by atoms with Gasteiger partial charge in [0.15, 0.2) is 11.5 Å². The first kappa shape index (κ1) is 10.9. The van der Waals surface area contributed by atoms with Crippen molar-refractivity contribution in [3.8, 4) is 11.5 Å². The highest BCUT2D eigenvalue weighted by Crippen LogP contribution is 2.38. The van der Waals surface area contributed by atoms with Gasteiger partial charge in [0.1, 0.15) is 13.2 Å². The fourth-order valence-electron chi connectivity index (χ4n) is 2.38. The molecule has 0 radical (unpaired) electrons. The normalized spacial score (nSPS) is 23.5. The minimum atomic E-state index is 0.125. The lowest BCUT2D eigenvalue weighted by Crippen LogP contribution is -2.33. The van der Waals surface area contributed by atoms with Crippen molar-refractivity contribution in [1.29, 1.82) is 0 Å². The molecule has 0 aliphatic carbocycles. The van der Waals surface area contributed by atoms with Crippen molar-refractivity contribution in [2.24, 2.45) is 0 Å². The van der Waals surface area contributed by atoms with E-state index in [1.54, 1.807) is 0 Å². The molecule has 1 fully saturated rings. The van der Waals surface area contributed by atoms with E-state index in [2.05, 4.69) is 18.3 Å². The molecule has 1 unspecified atom stereocenters. The van der Waals surface area contributed by atoms with Crippen LogP contribution in [-0.2, 0) is 4.74 Å². The van der Waals surface area contributed by atoms with E-state index in [9.17, 15) is 0 Å². The maximum Gasteiger partial charge on any atom is 0.164 e. The van der Waals surface area contributed by atoms with Crippen LogP contribution >= 0.6 is 0 Å². The van der Waals surface area contributed by atoms with E-state index in [1.807, 2.05) is 6.07 Å². The van der Waals surface area contributed by atoms with E-state index in [4.69, 9.17) is 14.2 Å². The van der Waals surface area contributed by atoms with Crippen LogP contribution in [0.5, 0.6) is 11.5 Å². The van der Waals surface area contributed by atoms with Crippen molar-refractivity contribution in [2.45, 2.75) is 13.0 Å². The summed E-state index contributed by atoms with van der Waals surface area (Å²) < 4.78 is 17.0. The molecule has 1 aromatic rings. The molecule has 0 spiro atoms. The fourth-order valence-corrected chi connectivity index (χ4v) is 2.38. The lowest BCUT2D eigenvalue weighted by Gasteiger charge is -2.28. The monoisotopic (exact) mass is 235 g/mol. The van der Waals surface area contributed by atoms with Gasteiger partial charge in [0.25, 0.3) is 0 Å². The van der Waals surface area contributed by atoms with Crippen molar-refractivity contribution in [3.63, 3.8) is 0 Å². The lowest BCUT2D eigenvalue weighted by molar-refractivity contribution is 0.0269. The Morgan fingerprint density at radius 3 is 2.88 bits per heavy atom. The van der Waals surface area contributed by atoms with Gasteiger partial charge in [-0.3, -0.25) is 0 Å². The van der Waals surface area contributed by atoms with Crippen LogP contribution in [-0.4, -0.2) is 32.9 Å². The molecule has 1 aromatic carbocycles. The lowest BCUT2D eigenvalue weighted by atomic mass is 10.0. The van der Waals surface area contributed by atoms with Crippen LogP contribution < -0.4 is 14.8 Å². The molecule has 2 heterocycles. The summed E-state index contributed by atoms with van der Waals surface area (Å²) in [5.41, 5.74) is 2.33. The van der Waals surface area contributed by atoms with Gasteiger partial charge < -0.3 is 19.5 Å². The van der Waals surface area contributed by atoms with Gasteiger partial charge in [-0.05, 0) is 18.6 Å². The molecule has 2 aliphatic rings. The zero-order chi connectivity index (χ0) is 11.7. The number of rotatable bonds is 1. The summed E-state index contributed by atoms with van der Waals surface area (Å²) >= 11 is 0. The quantitative estimate of drug-likeness (QED) is 0.799. The Kier molecular flexibility index (Phi) is 2.91. The summed E-state index contributed by atoms with van der Waals surface area (Å²) in [5, 5.41) is 3.34. The topological polar surface area (TPSA) is 39.7 Å². The minimum Gasteiger partial charge on any atom is -0.486 e. The zero-order valence-electron chi connectivity index (χ0n) is 9.99. The van der Waals surface area contributed by atoms with E-state index in [0.717, 1.165) is 36.8 Å². The van der Waals surface area contributed by atoms with Gasteiger partial charge in [-0.25, -0.2) is 0 Å². The molecule has 3 rings (SSSR count). The van der Waals surface area contributed by atoms with E-state index >= 15 is 0 Å². The molecule has 17 heavy (non-hydrogen) atoms. The van der Waals surface area contributed by atoms with Crippen molar-refractivity contribution in [3.05, 3.63) is 23.3 Å². The summed E-state index contributed by atoms with van der Waals surface area (Å²) in [4.78, 5) is 0. The third kappa shape index (κ3) is 1.98. The number of nitrogens with one attached hydrogen (secondary N) is 1. The smallest absolute Gasteiger partial charge is 0.164 e. The van der Waals surface area contributed by atoms with Crippen molar-refractivity contribution in [2.75, 3.05) is 32.9 Å². The van der Waals surface area contributed by atoms with Crippen LogP contribution in [0.15, 0.2) is 12.1 Å². The summed E-state index contributed by atoms with van der Waals surface area (Å²) in [5.74, 6) is 1.73. The molecule has 92 valence electrons. The fraction of sp³-hybridized carbons (Fsp3) is 0.538. The van der Waals surface area contributed by atoms with Gasteiger partial charge >= 0.3 is 0 Å². The van der Waals surface area contributed by atoms with Crippen LogP contribution in [0, 0.1) is 6.92 Å². The number of hydrogen-bond acceptors (Lipinski definition) is 4. The van der Waals surface area contributed by atoms with Crippen LogP contribution in [0.4, 0.5) is 0 Å². The molecule has 1 atom stereocenters. The molecule has 1 saturated heterocycles. The van der Waals surface area contributed by atoms with Gasteiger partial charge in [-0.1, -0.05) is 6.07 Å². The molecule has 4 heteroatoms. The second kappa shape index (κ2) is 4.55. The SMILES string of the molecule is Cc1c(C2CNCCO2)ccc2c1OCCO2. The highest BCUT2D eigenvalue weighted by atomic mass is 16.6. The zero-order valence-corrected chi connectivity index (χ0v) is 9.99. The van der Waals surface area contributed by atoms with Crippen molar-refractivity contribution >= 4 is 0 Å². The molecule has 0 aromatic heterocycles. The Morgan fingerprint density at radius 1 is 1.18 bits per heavy atom. The third-order valence-electron chi connectivity index (χ3n) is 3.27. The van der Waals surface area contributed by atoms with E-state index in [0.29, 0.717) is 13.2 Å². The Hall–Kier alpha value is -1.26. The molecule has 0 saturated carbocycles. The third-order valence-corrected chi connectivity index (χ3v) is 3.27. The second-order valence-electron chi connectivity index (χ2n) is 4.37. The Labute approximate surface area is 101 Å². The van der Waals surface area contributed by atoms with Gasteiger partial charge in [-0.15, -0.1) is 0 Å². The molecule has 0 bridgehead atoms. The van der Waals surface area contributed by atoms with Crippen molar-refractivity contribution in [1.82, 2.24) is 5.32 Å². The van der Waals surface area contributed by atoms with Gasteiger partial charge in [0, 0.05) is 18.7 Å². The van der Waals surface area contributed by atoms with Crippen LogP contribution in [0.25, 0.3) is 0 Å². The number of morpholine rings is 1. The molecule has 2 aliphatic heterocycles. The average molecular weight is 235 g/mol. The Balaban J connectivity index is 1.94. The average Bonchev–Trinajstić information content (AvgIpc) is 2.40. The first-order valence-corrected chi connectivity index (χ1v) is 6.07. The Morgan fingerprint density at radius 2 is 2.06 bits per heavy atom. The van der Waals surface area contributed by atoms with Gasteiger partial charge in [0.05, 0.1) is 12.7 Å². The predicted octanol–water partition coefficient (Wildman–Crippen LogP) is 1.43. The number of ether oxygens (including phenoxy) is 3. The standard InChI is InChI=1S/C13H17NO3/c1-9-10(12-8-14-4-5-15-12)2-3-11-13(9)17-7-6-16-11/h2-3,12,14H,4-8H2,1H3. The largest absolute Gasteiger partial charge is 0.486 e. The summed E-state index contributed by atoms with van der Waals surface area (Å²) in [6.45, 7) is 5.88. The first-order valence-electron chi connectivity index (χ1n) is 6.07.